The SMILES string of the molecule is Cc1nn(-c2ccccc2)c2c1[C@@H](c1ccc(Cl)cc1)N1C(=N2)C(Nc2ccc3c(c2)OCO3)=Nc2ccccc21. The molecule has 200 valence electrons. The Balaban J connectivity index is 1.36. The smallest absolute Gasteiger partial charge is 0.231 e. The molecule has 0 aliphatic carbocycles. The molecule has 4 aromatic carbocycles. The molecule has 8 rings (SSSR count). The highest BCUT2D eigenvalue weighted by Crippen LogP contribution is 2.48. The molecule has 0 fully saturated rings. The lowest BCUT2D eigenvalue weighted by Gasteiger charge is -2.40. The zero-order valence-electron chi connectivity index (χ0n) is 22.0. The Hall–Kier alpha value is -5.08. The highest BCUT2D eigenvalue weighted by molar-refractivity contribution is 6.51. The molecule has 3 aliphatic heterocycles. The zero-order valence-corrected chi connectivity index (χ0v) is 22.7. The maximum absolute atomic E-state index is 6.34. The largest absolute Gasteiger partial charge is 0.454 e. The van der Waals surface area contributed by atoms with E-state index in [9.17, 15) is 0 Å². The lowest BCUT2D eigenvalue weighted by molar-refractivity contribution is 0.174. The number of nitrogens with one attached hydrogen (secondary N) is 1. The number of hydrogen-bond acceptors (Lipinski definition) is 7. The van der Waals surface area contributed by atoms with Crippen LogP contribution in [0.4, 0.5) is 22.9 Å². The molecular formula is C32H23ClN6O2. The summed E-state index contributed by atoms with van der Waals surface area (Å²) in [5.41, 5.74) is 6.54. The number of ether oxygens (including phenoxy) is 2. The molecule has 0 bridgehead atoms. The maximum atomic E-state index is 6.34. The second kappa shape index (κ2) is 9.25. The van der Waals surface area contributed by atoms with Crippen LogP contribution < -0.4 is 19.7 Å². The Morgan fingerprint density at radius 1 is 0.854 bits per heavy atom. The van der Waals surface area contributed by atoms with Gasteiger partial charge in [-0.05, 0) is 61.0 Å². The fraction of sp³-hybridized carbons (Fsp3) is 0.0938. The van der Waals surface area contributed by atoms with Gasteiger partial charge in [0, 0.05) is 22.3 Å². The number of halogens is 1. The lowest BCUT2D eigenvalue weighted by atomic mass is 9.93. The predicted molar refractivity (Wildman–Crippen MR) is 161 cm³/mol. The highest BCUT2D eigenvalue weighted by atomic mass is 35.5. The Labute approximate surface area is 241 Å². The molecular weight excluding hydrogens is 536 g/mol. The lowest BCUT2D eigenvalue weighted by Crippen LogP contribution is -2.46. The van der Waals surface area contributed by atoms with Gasteiger partial charge in [0.15, 0.2) is 29.0 Å². The van der Waals surface area contributed by atoms with Gasteiger partial charge in [0.25, 0.3) is 0 Å². The molecule has 8 nitrogen and oxygen atoms in total. The molecule has 9 heteroatoms. The van der Waals surface area contributed by atoms with Gasteiger partial charge in [-0.1, -0.05) is 54.1 Å². The van der Waals surface area contributed by atoms with Gasteiger partial charge < -0.3 is 19.7 Å². The van der Waals surface area contributed by atoms with Crippen molar-refractivity contribution >= 4 is 46.2 Å². The third kappa shape index (κ3) is 3.87. The van der Waals surface area contributed by atoms with Crippen molar-refractivity contribution < 1.29 is 9.47 Å². The average molecular weight is 559 g/mol. The molecule has 0 unspecified atom stereocenters. The molecule has 0 saturated carbocycles. The summed E-state index contributed by atoms with van der Waals surface area (Å²) in [6.45, 7) is 2.25. The minimum absolute atomic E-state index is 0.210. The van der Waals surface area contributed by atoms with E-state index < -0.39 is 0 Å². The highest BCUT2D eigenvalue weighted by Gasteiger charge is 2.41. The van der Waals surface area contributed by atoms with Crippen LogP contribution in [0.1, 0.15) is 22.9 Å². The number of hydrogen-bond donors (Lipinski definition) is 1. The Kier molecular flexibility index (Phi) is 5.36. The molecule has 3 aliphatic rings. The van der Waals surface area contributed by atoms with Crippen molar-refractivity contribution in [2.24, 2.45) is 9.98 Å². The van der Waals surface area contributed by atoms with Crippen LogP contribution in [0.25, 0.3) is 5.69 Å². The minimum Gasteiger partial charge on any atom is -0.454 e. The number of aliphatic imine (C=N–C) groups is 2. The van der Waals surface area contributed by atoms with Crippen molar-refractivity contribution in [1.29, 1.82) is 0 Å². The maximum Gasteiger partial charge on any atom is 0.231 e. The molecule has 0 spiro atoms. The molecule has 5 aromatic rings. The summed E-state index contributed by atoms with van der Waals surface area (Å²) in [7, 11) is 0. The van der Waals surface area contributed by atoms with E-state index in [1.54, 1.807) is 0 Å². The molecule has 0 amide bonds. The van der Waals surface area contributed by atoms with E-state index in [0.717, 1.165) is 51.1 Å². The van der Waals surface area contributed by atoms with E-state index >= 15 is 0 Å². The van der Waals surface area contributed by atoms with Crippen LogP contribution >= 0.6 is 11.6 Å². The van der Waals surface area contributed by atoms with Gasteiger partial charge in [-0.2, -0.15) is 5.10 Å². The number of anilines is 2. The summed E-state index contributed by atoms with van der Waals surface area (Å²) in [5, 5.41) is 9.19. The third-order valence-electron chi connectivity index (χ3n) is 7.46. The van der Waals surface area contributed by atoms with E-state index in [-0.39, 0.29) is 12.8 Å². The molecule has 4 heterocycles. The first-order chi connectivity index (χ1) is 20.1. The number of amidine groups is 2. The summed E-state index contributed by atoms with van der Waals surface area (Å²) in [6, 6.07) is 31.7. The van der Waals surface area contributed by atoms with Gasteiger partial charge in [-0.3, -0.25) is 0 Å². The van der Waals surface area contributed by atoms with E-state index in [1.165, 1.54) is 0 Å². The van der Waals surface area contributed by atoms with Crippen LogP contribution in [0, 0.1) is 6.92 Å². The number of rotatable bonds is 3. The monoisotopic (exact) mass is 558 g/mol. The molecule has 0 saturated heterocycles. The second-order valence-corrected chi connectivity index (χ2v) is 10.4. The average Bonchev–Trinajstić information content (AvgIpc) is 3.61. The number of para-hydroxylation sites is 3. The molecule has 1 N–H and O–H groups in total. The van der Waals surface area contributed by atoms with Crippen molar-refractivity contribution in [3.8, 4) is 17.2 Å². The van der Waals surface area contributed by atoms with E-state index in [4.69, 9.17) is 36.2 Å². The molecule has 1 atom stereocenters. The first-order valence-corrected chi connectivity index (χ1v) is 13.6. The Morgan fingerprint density at radius 2 is 1.63 bits per heavy atom. The Morgan fingerprint density at radius 3 is 2.49 bits per heavy atom. The van der Waals surface area contributed by atoms with Crippen molar-refractivity contribution in [3.05, 3.63) is 119 Å². The first-order valence-electron chi connectivity index (χ1n) is 13.3. The first kappa shape index (κ1) is 23.8. The number of benzene rings is 4. The van der Waals surface area contributed by atoms with E-state index in [1.807, 2.05) is 90.5 Å². The van der Waals surface area contributed by atoms with Crippen LogP contribution in [0.3, 0.4) is 0 Å². The van der Waals surface area contributed by atoms with Crippen molar-refractivity contribution in [2.75, 3.05) is 17.0 Å². The van der Waals surface area contributed by atoms with E-state index in [0.29, 0.717) is 22.4 Å². The summed E-state index contributed by atoms with van der Waals surface area (Å²) in [5.74, 6) is 3.47. The van der Waals surface area contributed by atoms with Crippen molar-refractivity contribution in [2.45, 2.75) is 13.0 Å². The summed E-state index contributed by atoms with van der Waals surface area (Å²) in [6.07, 6.45) is 0. The quantitative estimate of drug-likeness (QED) is 0.250. The molecule has 41 heavy (non-hydrogen) atoms. The second-order valence-electron chi connectivity index (χ2n) is 9.97. The van der Waals surface area contributed by atoms with Gasteiger partial charge in [-0.15, -0.1) is 0 Å². The van der Waals surface area contributed by atoms with Crippen molar-refractivity contribution in [1.82, 2.24) is 9.78 Å². The summed E-state index contributed by atoms with van der Waals surface area (Å²) < 4.78 is 13.1. The number of aromatic nitrogens is 2. The normalized spacial score (nSPS) is 16.3. The van der Waals surface area contributed by atoms with Crippen LogP contribution in [0.15, 0.2) is 107 Å². The minimum atomic E-state index is -0.225. The van der Waals surface area contributed by atoms with Gasteiger partial charge >= 0.3 is 0 Å². The van der Waals surface area contributed by atoms with Crippen LogP contribution in [-0.2, 0) is 0 Å². The molecule has 0 radical (unpaired) electrons. The third-order valence-corrected chi connectivity index (χ3v) is 7.71. The number of aryl methyl sites for hydroxylation is 1. The van der Waals surface area contributed by atoms with Gasteiger partial charge in [0.1, 0.15) is 0 Å². The fourth-order valence-electron chi connectivity index (χ4n) is 5.62. The molecule has 1 aromatic heterocycles. The topological polar surface area (TPSA) is 76.3 Å². The van der Waals surface area contributed by atoms with Crippen molar-refractivity contribution in [3.63, 3.8) is 0 Å². The van der Waals surface area contributed by atoms with Gasteiger partial charge in [0.2, 0.25) is 6.79 Å². The predicted octanol–water partition coefficient (Wildman–Crippen LogP) is 7.36. The van der Waals surface area contributed by atoms with Crippen LogP contribution in [0.5, 0.6) is 11.5 Å². The van der Waals surface area contributed by atoms with Crippen LogP contribution in [-0.4, -0.2) is 28.2 Å². The van der Waals surface area contributed by atoms with Crippen LogP contribution in [0.2, 0.25) is 5.02 Å². The number of nitrogens with zero attached hydrogens (tertiary/aromatic N) is 5. The fourth-order valence-corrected chi connectivity index (χ4v) is 5.74. The van der Waals surface area contributed by atoms with E-state index in [2.05, 4.69) is 28.4 Å². The summed E-state index contributed by atoms with van der Waals surface area (Å²) in [4.78, 5) is 12.6. The Bertz CT molecular complexity index is 1880. The standard InChI is InChI=1S/C32H23ClN6O2/c1-19-28-29(20-11-13-21(33)14-12-20)38-25-10-6-5-9-24(25)35-30(34-22-15-16-26-27(17-22)41-18-40-26)32(38)36-31(28)39(37-19)23-7-3-2-4-8-23/h2-17,29H,18H2,1H3,(H,34,35)/t29-/m1/s1. The number of fused-ring (bicyclic) bond motifs is 5. The van der Waals surface area contributed by atoms with Gasteiger partial charge in [-0.25, -0.2) is 14.7 Å². The van der Waals surface area contributed by atoms with Gasteiger partial charge in [0.05, 0.1) is 28.8 Å². The zero-order chi connectivity index (χ0) is 27.5. The summed E-state index contributed by atoms with van der Waals surface area (Å²) >= 11 is 6.34.